The molecule has 1 aliphatic heterocycles. The van der Waals surface area contributed by atoms with E-state index in [9.17, 15) is 4.79 Å². The van der Waals surface area contributed by atoms with Gasteiger partial charge in [0.15, 0.2) is 0 Å². The first kappa shape index (κ1) is 14.8. The van der Waals surface area contributed by atoms with Crippen LogP contribution in [0.15, 0.2) is 48.8 Å². The Balaban J connectivity index is 1.75. The van der Waals surface area contributed by atoms with Gasteiger partial charge in [0.25, 0.3) is 0 Å². The van der Waals surface area contributed by atoms with Crippen LogP contribution in [0.3, 0.4) is 0 Å². The molecule has 116 valence electrons. The molecular formula is C17H21N3O2. The van der Waals surface area contributed by atoms with Crippen molar-refractivity contribution in [3.8, 4) is 0 Å². The van der Waals surface area contributed by atoms with Crippen molar-refractivity contribution in [3.05, 3.63) is 54.4 Å². The zero-order valence-electron chi connectivity index (χ0n) is 12.9. The summed E-state index contributed by atoms with van der Waals surface area (Å²) in [6.45, 7) is 5.09. The van der Waals surface area contributed by atoms with E-state index in [1.54, 1.807) is 10.9 Å². The summed E-state index contributed by atoms with van der Waals surface area (Å²) in [6.07, 6.45) is 3.46. The standard InChI is InChI=1S/C17H21N3O2/c1-13-11-19(17(21)14(2)20-10-6-9-18-20)12-16(22-13)15-7-4-3-5-8-15/h3-10,13-14,16H,11-12H2,1-2H3/t13-,14+,16-/m1/s1. The van der Waals surface area contributed by atoms with Crippen molar-refractivity contribution in [3.63, 3.8) is 0 Å². The van der Waals surface area contributed by atoms with E-state index < -0.39 is 0 Å². The van der Waals surface area contributed by atoms with Crippen LogP contribution in [-0.2, 0) is 9.53 Å². The molecule has 1 aromatic heterocycles. The molecule has 0 N–H and O–H groups in total. The van der Waals surface area contributed by atoms with Gasteiger partial charge < -0.3 is 9.64 Å². The maximum absolute atomic E-state index is 12.7. The Labute approximate surface area is 130 Å². The van der Waals surface area contributed by atoms with E-state index in [4.69, 9.17) is 4.74 Å². The van der Waals surface area contributed by atoms with Gasteiger partial charge in [-0.2, -0.15) is 5.10 Å². The third-order valence-electron chi connectivity index (χ3n) is 4.02. The summed E-state index contributed by atoms with van der Waals surface area (Å²) in [5, 5.41) is 4.17. The normalized spacial score (nSPS) is 23.3. The van der Waals surface area contributed by atoms with E-state index in [2.05, 4.69) is 5.10 Å². The van der Waals surface area contributed by atoms with E-state index >= 15 is 0 Å². The number of nitrogens with zero attached hydrogens (tertiary/aromatic N) is 3. The van der Waals surface area contributed by atoms with E-state index in [0.717, 1.165) is 5.56 Å². The lowest BCUT2D eigenvalue weighted by molar-refractivity contribution is -0.148. The molecule has 3 rings (SSSR count). The van der Waals surface area contributed by atoms with Crippen molar-refractivity contribution in [2.24, 2.45) is 0 Å². The van der Waals surface area contributed by atoms with E-state index in [-0.39, 0.29) is 24.2 Å². The minimum absolute atomic E-state index is 0.0210. The predicted octanol–water partition coefficient (Wildman–Crippen LogP) is 2.43. The van der Waals surface area contributed by atoms with Crippen molar-refractivity contribution in [2.45, 2.75) is 32.1 Å². The molecule has 1 amide bonds. The summed E-state index contributed by atoms with van der Waals surface area (Å²) in [6, 6.07) is 11.6. The average Bonchev–Trinajstić information content (AvgIpc) is 3.08. The maximum Gasteiger partial charge on any atom is 0.247 e. The molecule has 0 bridgehead atoms. The first-order valence-electron chi connectivity index (χ1n) is 7.63. The summed E-state index contributed by atoms with van der Waals surface area (Å²) < 4.78 is 7.70. The summed E-state index contributed by atoms with van der Waals surface area (Å²) in [4.78, 5) is 14.6. The molecule has 1 aromatic carbocycles. The van der Waals surface area contributed by atoms with Gasteiger partial charge in [0.05, 0.1) is 12.6 Å². The quantitative estimate of drug-likeness (QED) is 0.874. The van der Waals surface area contributed by atoms with Crippen molar-refractivity contribution < 1.29 is 9.53 Å². The van der Waals surface area contributed by atoms with Gasteiger partial charge in [-0.1, -0.05) is 30.3 Å². The molecule has 0 spiro atoms. The van der Waals surface area contributed by atoms with Gasteiger partial charge >= 0.3 is 0 Å². The number of hydrogen-bond donors (Lipinski definition) is 0. The summed E-state index contributed by atoms with van der Waals surface area (Å²) >= 11 is 0. The predicted molar refractivity (Wildman–Crippen MR) is 83.2 cm³/mol. The van der Waals surface area contributed by atoms with Crippen LogP contribution in [0.4, 0.5) is 0 Å². The number of ether oxygens (including phenoxy) is 1. The summed E-state index contributed by atoms with van der Waals surface area (Å²) in [5.74, 6) is 0.0831. The van der Waals surface area contributed by atoms with Gasteiger partial charge in [-0.25, -0.2) is 0 Å². The van der Waals surface area contributed by atoms with Crippen LogP contribution in [0.1, 0.15) is 31.6 Å². The van der Waals surface area contributed by atoms with Crippen LogP contribution in [0, 0.1) is 0 Å². The molecule has 1 saturated heterocycles. The highest BCUT2D eigenvalue weighted by molar-refractivity contribution is 5.80. The van der Waals surface area contributed by atoms with Gasteiger partial charge in [0, 0.05) is 18.9 Å². The van der Waals surface area contributed by atoms with Gasteiger partial charge in [-0.3, -0.25) is 9.48 Å². The highest BCUT2D eigenvalue weighted by atomic mass is 16.5. The second-order valence-electron chi connectivity index (χ2n) is 5.75. The zero-order chi connectivity index (χ0) is 15.5. The molecule has 0 saturated carbocycles. The minimum atomic E-state index is -0.295. The lowest BCUT2D eigenvalue weighted by Crippen LogP contribution is -2.48. The minimum Gasteiger partial charge on any atom is -0.367 e. The Kier molecular flexibility index (Phi) is 4.24. The molecular weight excluding hydrogens is 278 g/mol. The molecule has 1 aliphatic rings. The third kappa shape index (κ3) is 3.04. The first-order chi connectivity index (χ1) is 10.6. The highest BCUT2D eigenvalue weighted by Gasteiger charge is 2.31. The Morgan fingerprint density at radius 3 is 2.73 bits per heavy atom. The van der Waals surface area contributed by atoms with Crippen molar-refractivity contribution >= 4 is 5.91 Å². The van der Waals surface area contributed by atoms with Crippen molar-refractivity contribution in [2.75, 3.05) is 13.1 Å². The number of aromatic nitrogens is 2. The van der Waals surface area contributed by atoms with E-state index in [1.165, 1.54) is 0 Å². The summed E-state index contributed by atoms with van der Waals surface area (Å²) in [7, 11) is 0. The zero-order valence-corrected chi connectivity index (χ0v) is 12.9. The van der Waals surface area contributed by atoms with Crippen molar-refractivity contribution in [1.82, 2.24) is 14.7 Å². The lowest BCUT2D eigenvalue weighted by Gasteiger charge is -2.38. The van der Waals surface area contributed by atoms with Crippen LogP contribution >= 0.6 is 0 Å². The number of carbonyl (C=O) groups is 1. The Morgan fingerprint density at radius 2 is 2.05 bits per heavy atom. The SMILES string of the molecule is C[C@@H]1CN(C(=O)[C@H](C)n2cccn2)C[C@H](c2ccccc2)O1. The number of hydrogen-bond acceptors (Lipinski definition) is 3. The Morgan fingerprint density at radius 1 is 1.27 bits per heavy atom. The molecule has 2 aromatic rings. The van der Waals surface area contributed by atoms with Crippen LogP contribution in [0.2, 0.25) is 0 Å². The number of amides is 1. The molecule has 2 heterocycles. The molecule has 22 heavy (non-hydrogen) atoms. The number of rotatable bonds is 3. The monoisotopic (exact) mass is 299 g/mol. The molecule has 0 radical (unpaired) electrons. The highest BCUT2D eigenvalue weighted by Crippen LogP contribution is 2.26. The molecule has 0 aliphatic carbocycles. The van der Waals surface area contributed by atoms with Crippen LogP contribution < -0.4 is 0 Å². The van der Waals surface area contributed by atoms with Gasteiger partial charge in [0.2, 0.25) is 5.91 Å². The largest absolute Gasteiger partial charge is 0.367 e. The fourth-order valence-corrected chi connectivity index (χ4v) is 2.87. The smallest absolute Gasteiger partial charge is 0.247 e. The fraction of sp³-hybridized carbons (Fsp3) is 0.412. The molecule has 5 nitrogen and oxygen atoms in total. The van der Waals surface area contributed by atoms with E-state index in [0.29, 0.717) is 13.1 Å². The average molecular weight is 299 g/mol. The fourth-order valence-electron chi connectivity index (χ4n) is 2.87. The van der Waals surface area contributed by atoms with Gasteiger partial charge in [0.1, 0.15) is 12.1 Å². The van der Waals surface area contributed by atoms with Crippen LogP contribution in [-0.4, -0.2) is 39.8 Å². The topological polar surface area (TPSA) is 47.4 Å². The molecule has 0 unspecified atom stereocenters. The number of carbonyl (C=O) groups excluding carboxylic acids is 1. The van der Waals surface area contributed by atoms with Gasteiger partial charge in [-0.05, 0) is 25.5 Å². The van der Waals surface area contributed by atoms with Crippen LogP contribution in [0.25, 0.3) is 0 Å². The van der Waals surface area contributed by atoms with E-state index in [1.807, 2.05) is 61.3 Å². The molecule has 5 heteroatoms. The lowest BCUT2D eigenvalue weighted by atomic mass is 10.1. The third-order valence-corrected chi connectivity index (χ3v) is 4.02. The van der Waals surface area contributed by atoms with Gasteiger partial charge in [-0.15, -0.1) is 0 Å². The number of benzene rings is 1. The second kappa shape index (κ2) is 6.32. The second-order valence-corrected chi connectivity index (χ2v) is 5.75. The first-order valence-corrected chi connectivity index (χ1v) is 7.63. The Hall–Kier alpha value is -2.14. The molecule has 1 fully saturated rings. The van der Waals surface area contributed by atoms with Crippen molar-refractivity contribution in [1.29, 1.82) is 0 Å². The maximum atomic E-state index is 12.7. The number of morpholine rings is 1. The van der Waals surface area contributed by atoms with Crippen LogP contribution in [0.5, 0.6) is 0 Å². The summed E-state index contributed by atoms with van der Waals surface area (Å²) in [5.41, 5.74) is 1.11. The molecule has 3 atom stereocenters. The Bertz CT molecular complexity index is 612.